The predicted molar refractivity (Wildman–Crippen MR) is 94.3 cm³/mol. The molecular weight excluding hydrogens is 376 g/mol. The van der Waals surface area contributed by atoms with Crippen molar-refractivity contribution in [3.63, 3.8) is 0 Å². The summed E-state index contributed by atoms with van der Waals surface area (Å²) in [5.74, 6) is -2.18. The zero-order valence-electron chi connectivity index (χ0n) is 15.7. The van der Waals surface area contributed by atoms with Gasteiger partial charge in [-0.3, -0.25) is 4.79 Å². The second-order valence-corrected chi connectivity index (χ2v) is 6.90. The molecule has 7 atom stereocenters. The van der Waals surface area contributed by atoms with Crippen LogP contribution in [0.1, 0.15) is 42.8 Å². The van der Waals surface area contributed by atoms with Crippen LogP contribution in [0.3, 0.4) is 0 Å². The Morgan fingerprint density at radius 1 is 1.18 bits per heavy atom. The normalized spacial score (nSPS) is 29.9. The SMILES string of the molecule is CC(=O)c1c(OC(C)[C@@H](C)O)cc(O)c(C2OC(CO)C(O)C(O)C2O)c1O. The Hall–Kier alpha value is -1.95. The molecule has 1 heterocycles. The maximum absolute atomic E-state index is 12.1. The van der Waals surface area contributed by atoms with Gasteiger partial charge >= 0.3 is 0 Å². The number of carbonyl (C=O) groups is 1. The van der Waals surface area contributed by atoms with Gasteiger partial charge in [0.1, 0.15) is 59.4 Å². The molecule has 158 valence electrons. The minimum absolute atomic E-state index is 0.191. The van der Waals surface area contributed by atoms with E-state index in [2.05, 4.69) is 0 Å². The molecule has 1 aliphatic heterocycles. The zero-order valence-corrected chi connectivity index (χ0v) is 15.7. The van der Waals surface area contributed by atoms with Gasteiger partial charge in [-0.2, -0.15) is 0 Å². The summed E-state index contributed by atoms with van der Waals surface area (Å²) in [4.78, 5) is 12.1. The van der Waals surface area contributed by atoms with Crippen molar-refractivity contribution in [1.29, 1.82) is 0 Å². The van der Waals surface area contributed by atoms with Crippen LogP contribution in [-0.2, 0) is 4.74 Å². The van der Waals surface area contributed by atoms with Crippen molar-refractivity contribution in [2.75, 3.05) is 6.61 Å². The number of phenolic OH excluding ortho intramolecular Hbond substituents is 2. The molecule has 1 aromatic rings. The van der Waals surface area contributed by atoms with Crippen LogP contribution in [0.4, 0.5) is 0 Å². The number of aromatic hydroxyl groups is 2. The van der Waals surface area contributed by atoms with E-state index >= 15 is 0 Å². The predicted octanol–water partition coefficient (Wildman–Crippen LogP) is -1.04. The van der Waals surface area contributed by atoms with Crippen LogP contribution in [0.5, 0.6) is 17.2 Å². The summed E-state index contributed by atoms with van der Waals surface area (Å²) in [6.45, 7) is 3.42. The van der Waals surface area contributed by atoms with Gasteiger partial charge in [-0.15, -0.1) is 0 Å². The van der Waals surface area contributed by atoms with E-state index in [4.69, 9.17) is 9.47 Å². The highest BCUT2D eigenvalue weighted by Crippen LogP contribution is 2.46. The molecule has 1 fully saturated rings. The number of aliphatic hydroxyl groups is 5. The minimum Gasteiger partial charge on any atom is -0.507 e. The molecule has 10 nitrogen and oxygen atoms in total. The van der Waals surface area contributed by atoms with E-state index < -0.39 is 72.2 Å². The Morgan fingerprint density at radius 2 is 1.79 bits per heavy atom. The molecule has 0 aromatic heterocycles. The smallest absolute Gasteiger partial charge is 0.167 e. The highest BCUT2D eigenvalue weighted by molar-refractivity contribution is 6.00. The van der Waals surface area contributed by atoms with Crippen molar-refractivity contribution < 1.29 is 50.0 Å². The molecule has 1 aliphatic rings. The lowest BCUT2D eigenvalue weighted by Crippen LogP contribution is -2.55. The van der Waals surface area contributed by atoms with Crippen molar-refractivity contribution in [1.82, 2.24) is 0 Å². The van der Waals surface area contributed by atoms with E-state index in [1.165, 1.54) is 13.8 Å². The van der Waals surface area contributed by atoms with Crippen LogP contribution in [-0.4, -0.2) is 84.8 Å². The molecule has 6 unspecified atom stereocenters. The van der Waals surface area contributed by atoms with Crippen LogP contribution in [0, 0.1) is 0 Å². The van der Waals surface area contributed by atoms with E-state index in [1.807, 2.05) is 0 Å². The van der Waals surface area contributed by atoms with Gasteiger partial charge in [0, 0.05) is 6.07 Å². The third kappa shape index (κ3) is 4.07. The maximum atomic E-state index is 12.1. The first kappa shape index (κ1) is 22.3. The number of ether oxygens (including phenoxy) is 2. The third-order valence-electron chi connectivity index (χ3n) is 4.80. The lowest BCUT2D eigenvalue weighted by Gasteiger charge is -2.40. The average Bonchev–Trinajstić information content (AvgIpc) is 2.60. The number of Topliss-reactive ketones (excluding diaryl/α,β-unsaturated/α-hetero) is 1. The van der Waals surface area contributed by atoms with Crippen LogP contribution < -0.4 is 4.74 Å². The Balaban J connectivity index is 2.56. The number of ketones is 1. The molecule has 0 spiro atoms. The molecule has 0 aliphatic carbocycles. The summed E-state index contributed by atoms with van der Waals surface area (Å²) in [5, 5.41) is 70.0. The Labute approximate surface area is 161 Å². The fraction of sp³-hybridized carbons (Fsp3) is 0.611. The second-order valence-electron chi connectivity index (χ2n) is 6.90. The summed E-state index contributed by atoms with van der Waals surface area (Å²) in [6, 6.07) is 1.02. The van der Waals surface area contributed by atoms with E-state index in [0.717, 1.165) is 13.0 Å². The topological polar surface area (TPSA) is 177 Å². The molecule has 7 N–H and O–H groups in total. The summed E-state index contributed by atoms with van der Waals surface area (Å²) < 4.78 is 10.8. The number of phenols is 2. The number of rotatable bonds is 6. The molecule has 1 aromatic carbocycles. The van der Waals surface area contributed by atoms with Crippen LogP contribution in [0.15, 0.2) is 6.07 Å². The van der Waals surface area contributed by atoms with Crippen molar-refractivity contribution in [2.24, 2.45) is 0 Å². The Kier molecular flexibility index (Phi) is 6.86. The number of aliphatic hydroxyl groups excluding tert-OH is 5. The molecule has 0 bridgehead atoms. The summed E-state index contributed by atoms with van der Waals surface area (Å²) >= 11 is 0. The molecule has 2 rings (SSSR count). The number of benzene rings is 1. The standard InChI is InChI=1S/C18H26O10/c1-6(20)8(3)27-10-4-9(22)13(15(24)12(10)7(2)21)18-17(26)16(25)14(23)11(5-19)28-18/h4,6,8,11,14,16-20,22-26H,5H2,1-3H3/t6-,8?,11?,14?,16?,17?,18?/m1/s1. The Bertz CT molecular complexity index is 717. The van der Waals surface area contributed by atoms with Crippen LogP contribution in [0.25, 0.3) is 0 Å². The first-order chi connectivity index (χ1) is 13.0. The Morgan fingerprint density at radius 3 is 2.29 bits per heavy atom. The van der Waals surface area contributed by atoms with Gasteiger partial charge < -0.3 is 45.2 Å². The van der Waals surface area contributed by atoms with E-state index in [-0.39, 0.29) is 11.3 Å². The summed E-state index contributed by atoms with van der Waals surface area (Å²) in [5.41, 5.74) is -0.726. The maximum Gasteiger partial charge on any atom is 0.167 e. The van der Waals surface area contributed by atoms with E-state index in [0.29, 0.717) is 0 Å². The lowest BCUT2D eigenvalue weighted by atomic mass is 9.89. The zero-order chi connectivity index (χ0) is 21.3. The molecule has 28 heavy (non-hydrogen) atoms. The van der Waals surface area contributed by atoms with E-state index in [1.54, 1.807) is 0 Å². The van der Waals surface area contributed by atoms with Crippen LogP contribution in [0.2, 0.25) is 0 Å². The first-order valence-electron chi connectivity index (χ1n) is 8.76. The van der Waals surface area contributed by atoms with Crippen LogP contribution >= 0.6 is 0 Å². The summed E-state index contributed by atoms with van der Waals surface area (Å²) in [7, 11) is 0. The molecule has 0 radical (unpaired) electrons. The fourth-order valence-corrected chi connectivity index (χ4v) is 3.00. The molecule has 1 saturated heterocycles. The molecule has 0 amide bonds. The van der Waals surface area contributed by atoms with Crippen molar-refractivity contribution >= 4 is 5.78 Å². The van der Waals surface area contributed by atoms with Gasteiger partial charge in [0.2, 0.25) is 0 Å². The van der Waals surface area contributed by atoms with Gasteiger partial charge in [-0.25, -0.2) is 0 Å². The molecule has 0 saturated carbocycles. The highest BCUT2D eigenvalue weighted by Gasteiger charge is 2.46. The van der Waals surface area contributed by atoms with Gasteiger partial charge in [0.05, 0.1) is 18.3 Å². The molecule has 10 heteroatoms. The molecular formula is C18H26O10. The fourth-order valence-electron chi connectivity index (χ4n) is 3.00. The monoisotopic (exact) mass is 402 g/mol. The van der Waals surface area contributed by atoms with Crippen molar-refractivity contribution in [3.8, 4) is 17.2 Å². The average molecular weight is 402 g/mol. The van der Waals surface area contributed by atoms with Gasteiger partial charge in [-0.1, -0.05) is 0 Å². The number of carbonyl (C=O) groups excluding carboxylic acids is 1. The second kappa shape index (κ2) is 8.60. The van der Waals surface area contributed by atoms with Gasteiger partial charge in [-0.05, 0) is 20.8 Å². The van der Waals surface area contributed by atoms with E-state index in [9.17, 15) is 40.5 Å². The van der Waals surface area contributed by atoms with Gasteiger partial charge in [0.25, 0.3) is 0 Å². The number of hydrogen-bond acceptors (Lipinski definition) is 10. The van der Waals surface area contributed by atoms with Gasteiger partial charge in [0.15, 0.2) is 5.78 Å². The summed E-state index contributed by atoms with van der Waals surface area (Å²) in [6.07, 6.45) is -9.61. The number of hydrogen-bond donors (Lipinski definition) is 7. The highest BCUT2D eigenvalue weighted by atomic mass is 16.5. The largest absolute Gasteiger partial charge is 0.507 e. The first-order valence-corrected chi connectivity index (χ1v) is 8.76. The minimum atomic E-state index is -1.77. The quantitative estimate of drug-likeness (QED) is 0.291. The van der Waals surface area contributed by atoms with Crippen molar-refractivity contribution in [3.05, 3.63) is 17.2 Å². The van der Waals surface area contributed by atoms with Crippen molar-refractivity contribution in [2.45, 2.75) is 63.5 Å². The third-order valence-corrected chi connectivity index (χ3v) is 4.80. The lowest BCUT2D eigenvalue weighted by molar-refractivity contribution is -0.232.